The van der Waals surface area contributed by atoms with Gasteiger partial charge in [0, 0.05) is 6.07 Å². The molecule has 1 aromatic carbocycles. The van der Waals surface area contributed by atoms with E-state index in [0.29, 0.717) is 11.3 Å². The van der Waals surface area contributed by atoms with Crippen molar-refractivity contribution in [3.8, 4) is 11.6 Å². The predicted molar refractivity (Wildman–Crippen MR) is 71.0 cm³/mol. The number of nitro groups is 1. The predicted octanol–water partition coefficient (Wildman–Crippen LogP) is 1.77. The van der Waals surface area contributed by atoms with E-state index in [9.17, 15) is 10.1 Å². The summed E-state index contributed by atoms with van der Waals surface area (Å²) in [6.45, 7) is 1.59. The molecular weight excluding hydrogens is 262 g/mol. The Morgan fingerprint density at radius 1 is 1.40 bits per heavy atom. The number of nitrogens with one attached hydrogen (secondary N) is 1. The Kier molecular flexibility index (Phi) is 3.56. The van der Waals surface area contributed by atoms with E-state index in [1.807, 2.05) is 0 Å². The summed E-state index contributed by atoms with van der Waals surface area (Å²) in [7, 11) is 0. The van der Waals surface area contributed by atoms with Gasteiger partial charge in [0.25, 0.3) is 5.69 Å². The lowest BCUT2D eigenvalue weighted by Gasteiger charge is -2.07. The van der Waals surface area contributed by atoms with Crippen molar-refractivity contribution in [2.75, 3.05) is 0 Å². The number of aromatic nitrogens is 2. The summed E-state index contributed by atoms with van der Waals surface area (Å²) >= 11 is 0. The third kappa shape index (κ3) is 2.69. The Morgan fingerprint density at radius 2 is 2.15 bits per heavy atom. The molecule has 2 aromatic rings. The first kappa shape index (κ1) is 13.4. The van der Waals surface area contributed by atoms with Crippen LogP contribution in [0.1, 0.15) is 11.3 Å². The average Bonchev–Trinajstić information content (AvgIpc) is 2.41. The normalized spacial score (nSPS) is 10.1. The van der Waals surface area contributed by atoms with Crippen LogP contribution in [0.2, 0.25) is 0 Å². The van der Waals surface area contributed by atoms with Gasteiger partial charge in [0.05, 0.1) is 22.9 Å². The van der Waals surface area contributed by atoms with Crippen molar-refractivity contribution in [3.63, 3.8) is 0 Å². The number of hydrogen-bond donors (Lipinski definition) is 2. The highest BCUT2D eigenvalue weighted by atomic mass is 16.6. The van der Waals surface area contributed by atoms with E-state index in [1.54, 1.807) is 13.0 Å². The third-order valence-electron chi connectivity index (χ3n) is 2.57. The lowest BCUT2D eigenvalue weighted by molar-refractivity contribution is -0.385. The van der Waals surface area contributed by atoms with Crippen LogP contribution in [-0.2, 0) is 0 Å². The topological polar surface area (TPSA) is 128 Å². The van der Waals surface area contributed by atoms with Gasteiger partial charge in [-0.2, -0.15) is 0 Å². The Hall–Kier alpha value is -3.03. The number of hydrogen-bond acceptors (Lipinski definition) is 6. The van der Waals surface area contributed by atoms with Gasteiger partial charge in [-0.3, -0.25) is 15.5 Å². The van der Waals surface area contributed by atoms with E-state index >= 15 is 0 Å². The van der Waals surface area contributed by atoms with Crippen molar-refractivity contribution in [2.24, 2.45) is 5.73 Å². The van der Waals surface area contributed by atoms with E-state index in [4.69, 9.17) is 15.9 Å². The SMILES string of the molecule is Cc1c(Oc2cnc(C(=N)N)cn2)cccc1[N+](=O)[O-]. The molecule has 0 fully saturated rings. The summed E-state index contributed by atoms with van der Waals surface area (Å²) in [5.74, 6) is 0.290. The van der Waals surface area contributed by atoms with E-state index in [-0.39, 0.29) is 23.1 Å². The highest BCUT2D eigenvalue weighted by Crippen LogP contribution is 2.29. The second-order valence-corrected chi connectivity index (χ2v) is 3.91. The van der Waals surface area contributed by atoms with Gasteiger partial charge in [0.1, 0.15) is 17.3 Å². The number of benzene rings is 1. The number of nitrogens with zero attached hydrogens (tertiary/aromatic N) is 3. The Bertz CT molecular complexity index is 669. The maximum atomic E-state index is 10.8. The summed E-state index contributed by atoms with van der Waals surface area (Å²) in [5.41, 5.74) is 5.85. The van der Waals surface area contributed by atoms with E-state index in [1.165, 1.54) is 24.5 Å². The number of nitrogens with two attached hydrogens (primary N) is 1. The molecule has 0 saturated heterocycles. The summed E-state index contributed by atoms with van der Waals surface area (Å²) < 4.78 is 5.45. The molecule has 8 nitrogen and oxygen atoms in total. The van der Waals surface area contributed by atoms with Crippen LogP contribution in [0, 0.1) is 22.4 Å². The summed E-state index contributed by atoms with van der Waals surface area (Å²) in [6.07, 6.45) is 2.60. The molecule has 0 spiro atoms. The maximum absolute atomic E-state index is 10.8. The fourth-order valence-electron chi connectivity index (χ4n) is 1.53. The molecule has 3 N–H and O–H groups in total. The van der Waals surface area contributed by atoms with Crippen LogP contribution in [0.25, 0.3) is 0 Å². The van der Waals surface area contributed by atoms with Crippen LogP contribution in [0.5, 0.6) is 11.6 Å². The molecule has 0 atom stereocenters. The summed E-state index contributed by atoms with van der Waals surface area (Å²) in [5, 5.41) is 18.0. The molecule has 0 aliphatic heterocycles. The molecule has 0 radical (unpaired) electrons. The zero-order chi connectivity index (χ0) is 14.7. The first-order valence-corrected chi connectivity index (χ1v) is 5.57. The largest absolute Gasteiger partial charge is 0.437 e. The van der Waals surface area contributed by atoms with Crippen molar-refractivity contribution in [1.82, 2.24) is 9.97 Å². The number of nitrogen functional groups attached to an aromatic ring is 1. The van der Waals surface area contributed by atoms with Gasteiger partial charge in [-0.25, -0.2) is 9.97 Å². The smallest absolute Gasteiger partial charge is 0.276 e. The molecule has 0 saturated carbocycles. The van der Waals surface area contributed by atoms with Crippen molar-refractivity contribution < 1.29 is 9.66 Å². The van der Waals surface area contributed by atoms with Crippen molar-refractivity contribution in [1.29, 1.82) is 5.41 Å². The molecule has 2 rings (SSSR count). The quantitative estimate of drug-likeness (QED) is 0.378. The second-order valence-electron chi connectivity index (χ2n) is 3.91. The van der Waals surface area contributed by atoms with Gasteiger partial charge >= 0.3 is 0 Å². The Labute approximate surface area is 113 Å². The molecule has 0 amide bonds. The van der Waals surface area contributed by atoms with Crippen LogP contribution >= 0.6 is 0 Å². The first-order valence-electron chi connectivity index (χ1n) is 5.57. The molecule has 0 aliphatic carbocycles. The summed E-state index contributed by atoms with van der Waals surface area (Å²) in [4.78, 5) is 18.2. The molecular formula is C12H11N5O3. The molecule has 1 heterocycles. The minimum atomic E-state index is -0.479. The van der Waals surface area contributed by atoms with Crippen LogP contribution in [0.3, 0.4) is 0 Å². The standard InChI is InChI=1S/C12H11N5O3/c1-7-9(17(18)19)3-2-4-10(7)20-11-6-15-8(5-16-11)12(13)14/h2-6H,1H3,(H3,13,14). The van der Waals surface area contributed by atoms with Crippen LogP contribution in [0.15, 0.2) is 30.6 Å². The van der Waals surface area contributed by atoms with Gasteiger partial charge in [-0.15, -0.1) is 0 Å². The zero-order valence-electron chi connectivity index (χ0n) is 10.5. The first-order chi connectivity index (χ1) is 9.49. The molecule has 0 aliphatic rings. The van der Waals surface area contributed by atoms with Gasteiger partial charge < -0.3 is 10.5 Å². The number of nitro benzene ring substituents is 1. The highest BCUT2D eigenvalue weighted by molar-refractivity contribution is 5.92. The van der Waals surface area contributed by atoms with Gasteiger partial charge in [0.15, 0.2) is 0 Å². The number of rotatable bonds is 4. The highest BCUT2D eigenvalue weighted by Gasteiger charge is 2.15. The Balaban J connectivity index is 2.28. The molecule has 0 bridgehead atoms. The number of amidine groups is 1. The van der Waals surface area contributed by atoms with E-state index in [2.05, 4.69) is 9.97 Å². The lowest BCUT2D eigenvalue weighted by atomic mass is 10.2. The van der Waals surface area contributed by atoms with Crippen LogP contribution in [0.4, 0.5) is 5.69 Å². The van der Waals surface area contributed by atoms with Crippen molar-refractivity contribution in [2.45, 2.75) is 6.92 Å². The zero-order valence-corrected chi connectivity index (χ0v) is 10.5. The fourth-order valence-corrected chi connectivity index (χ4v) is 1.53. The van der Waals surface area contributed by atoms with Crippen LogP contribution < -0.4 is 10.5 Å². The molecule has 102 valence electrons. The van der Waals surface area contributed by atoms with Crippen LogP contribution in [-0.4, -0.2) is 20.7 Å². The van der Waals surface area contributed by atoms with Crippen molar-refractivity contribution in [3.05, 3.63) is 52.0 Å². The maximum Gasteiger partial charge on any atom is 0.276 e. The van der Waals surface area contributed by atoms with E-state index in [0.717, 1.165) is 0 Å². The lowest BCUT2D eigenvalue weighted by Crippen LogP contribution is -2.13. The molecule has 1 aromatic heterocycles. The molecule has 8 heteroatoms. The van der Waals surface area contributed by atoms with Crippen molar-refractivity contribution >= 4 is 11.5 Å². The fraction of sp³-hybridized carbons (Fsp3) is 0.0833. The average molecular weight is 273 g/mol. The summed E-state index contributed by atoms with van der Waals surface area (Å²) in [6, 6.07) is 4.52. The molecule has 20 heavy (non-hydrogen) atoms. The minimum Gasteiger partial charge on any atom is -0.437 e. The van der Waals surface area contributed by atoms with Gasteiger partial charge in [0.2, 0.25) is 5.88 Å². The number of ether oxygens (including phenoxy) is 1. The van der Waals surface area contributed by atoms with Gasteiger partial charge in [-0.05, 0) is 13.0 Å². The third-order valence-corrected chi connectivity index (χ3v) is 2.57. The second kappa shape index (κ2) is 5.31. The van der Waals surface area contributed by atoms with E-state index < -0.39 is 4.92 Å². The molecule has 0 unspecified atom stereocenters. The Morgan fingerprint density at radius 3 is 2.70 bits per heavy atom. The minimum absolute atomic E-state index is 0.0317. The monoisotopic (exact) mass is 273 g/mol. The van der Waals surface area contributed by atoms with Gasteiger partial charge in [-0.1, -0.05) is 6.07 Å².